The van der Waals surface area contributed by atoms with Gasteiger partial charge in [0.2, 0.25) is 11.8 Å². The Morgan fingerprint density at radius 1 is 1.05 bits per heavy atom. The summed E-state index contributed by atoms with van der Waals surface area (Å²) >= 11 is 0. The van der Waals surface area contributed by atoms with Crippen LogP contribution < -0.4 is 20.7 Å². The smallest absolute Gasteiger partial charge is 0.251 e. The van der Waals surface area contributed by atoms with E-state index >= 15 is 0 Å². The number of rotatable bonds is 6. The molecular formula is C29H30N6O3. The quantitative estimate of drug-likeness (QED) is 0.350. The molecule has 6 rings (SSSR count). The van der Waals surface area contributed by atoms with Crippen LogP contribution in [0.4, 0.5) is 5.69 Å². The lowest BCUT2D eigenvalue weighted by molar-refractivity contribution is 0.0924. The SMILES string of the molecule is Cc1ccc2c(c1)[C@H](NC(=O)c1cccc(NC3(c4nnc(-c5ccncc5)o4)CCNCC3)c1)CCO2. The van der Waals surface area contributed by atoms with E-state index in [1.165, 1.54) is 0 Å². The van der Waals surface area contributed by atoms with Crippen molar-refractivity contribution in [3.8, 4) is 17.2 Å². The van der Waals surface area contributed by atoms with Gasteiger partial charge in [-0.1, -0.05) is 23.8 Å². The summed E-state index contributed by atoms with van der Waals surface area (Å²) in [5.41, 5.74) is 3.85. The second-order valence-electron chi connectivity index (χ2n) is 9.89. The highest BCUT2D eigenvalue weighted by Crippen LogP contribution is 2.36. The number of amides is 1. The summed E-state index contributed by atoms with van der Waals surface area (Å²) in [6.45, 7) is 4.24. The topological polar surface area (TPSA) is 114 Å². The number of carbonyl (C=O) groups excluding carboxylic acids is 1. The zero-order valence-corrected chi connectivity index (χ0v) is 21.2. The molecule has 9 nitrogen and oxygen atoms in total. The maximum absolute atomic E-state index is 13.3. The van der Waals surface area contributed by atoms with E-state index in [-0.39, 0.29) is 11.9 Å². The summed E-state index contributed by atoms with van der Waals surface area (Å²) in [6.07, 6.45) is 5.66. The molecule has 2 aliphatic heterocycles. The number of pyridine rings is 1. The fourth-order valence-corrected chi connectivity index (χ4v) is 5.19. The summed E-state index contributed by atoms with van der Waals surface area (Å²) in [6, 6.07) is 17.3. The van der Waals surface area contributed by atoms with Gasteiger partial charge < -0.3 is 25.1 Å². The van der Waals surface area contributed by atoms with Crippen LogP contribution >= 0.6 is 0 Å². The first kappa shape index (κ1) is 24.1. The van der Waals surface area contributed by atoms with E-state index in [0.29, 0.717) is 24.0 Å². The molecule has 0 aliphatic carbocycles. The Hall–Kier alpha value is -4.24. The van der Waals surface area contributed by atoms with Crippen LogP contribution in [0.3, 0.4) is 0 Å². The highest BCUT2D eigenvalue weighted by Gasteiger charge is 2.39. The number of benzene rings is 2. The lowest BCUT2D eigenvalue weighted by Crippen LogP contribution is -2.45. The molecule has 3 N–H and O–H groups in total. The van der Waals surface area contributed by atoms with Crippen LogP contribution in [-0.4, -0.2) is 40.8 Å². The summed E-state index contributed by atoms with van der Waals surface area (Å²) < 4.78 is 12.0. The van der Waals surface area contributed by atoms with Gasteiger partial charge in [0.15, 0.2) is 0 Å². The first-order valence-electron chi connectivity index (χ1n) is 13.0. The van der Waals surface area contributed by atoms with Gasteiger partial charge in [-0.2, -0.15) is 0 Å². The van der Waals surface area contributed by atoms with E-state index in [9.17, 15) is 4.79 Å². The lowest BCUT2D eigenvalue weighted by Gasteiger charge is -2.36. The van der Waals surface area contributed by atoms with Crippen LogP contribution in [0.1, 0.15) is 52.7 Å². The second kappa shape index (κ2) is 10.3. The lowest BCUT2D eigenvalue weighted by atomic mass is 9.87. The number of aromatic nitrogens is 3. The van der Waals surface area contributed by atoms with Crippen LogP contribution in [0.15, 0.2) is 71.4 Å². The maximum Gasteiger partial charge on any atom is 0.251 e. The van der Waals surface area contributed by atoms with E-state index in [2.05, 4.69) is 37.2 Å². The van der Waals surface area contributed by atoms with Gasteiger partial charge in [0.05, 0.1) is 12.6 Å². The van der Waals surface area contributed by atoms with Gasteiger partial charge in [-0.05, 0) is 69.3 Å². The van der Waals surface area contributed by atoms with Gasteiger partial charge in [0.25, 0.3) is 5.91 Å². The molecule has 0 bridgehead atoms. The van der Waals surface area contributed by atoms with Crippen molar-refractivity contribution in [2.24, 2.45) is 0 Å². The standard InChI is InChI=1S/C29H30N6O3/c1-19-5-6-25-23(17-19)24(9-16-37-25)32-26(36)21-3-2-4-22(18-21)33-29(10-14-31-15-11-29)28-35-34-27(38-28)20-7-12-30-13-8-20/h2-8,12-13,17-18,24,31,33H,9-11,14-16H2,1H3,(H,32,36)/t24-/m1/s1. The molecule has 9 heteroatoms. The number of aryl methyl sites for hydroxylation is 1. The number of ether oxygens (including phenoxy) is 1. The minimum absolute atomic E-state index is 0.0940. The first-order chi connectivity index (χ1) is 18.6. The average Bonchev–Trinajstić information content (AvgIpc) is 3.46. The van der Waals surface area contributed by atoms with Gasteiger partial charge in [-0.3, -0.25) is 9.78 Å². The third-order valence-electron chi connectivity index (χ3n) is 7.24. The Morgan fingerprint density at radius 2 is 1.89 bits per heavy atom. The minimum Gasteiger partial charge on any atom is -0.493 e. The highest BCUT2D eigenvalue weighted by atomic mass is 16.5. The molecule has 1 saturated heterocycles. The monoisotopic (exact) mass is 510 g/mol. The fraction of sp³-hybridized carbons (Fsp3) is 0.310. The first-order valence-corrected chi connectivity index (χ1v) is 13.0. The number of fused-ring (bicyclic) bond motifs is 1. The third kappa shape index (κ3) is 4.84. The molecule has 4 aromatic rings. The molecule has 1 atom stereocenters. The maximum atomic E-state index is 13.3. The summed E-state index contributed by atoms with van der Waals surface area (Å²) in [5.74, 6) is 1.71. The van der Waals surface area contributed by atoms with Crippen molar-refractivity contribution in [3.63, 3.8) is 0 Å². The molecule has 1 amide bonds. The van der Waals surface area contributed by atoms with Crippen LogP contribution in [0.5, 0.6) is 5.75 Å². The molecule has 4 heterocycles. The Balaban J connectivity index is 1.23. The largest absolute Gasteiger partial charge is 0.493 e. The van der Waals surface area contributed by atoms with E-state index in [4.69, 9.17) is 9.15 Å². The Kier molecular flexibility index (Phi) is 6.51. The molecule has 194 valence electrons. The number of piperidine rings is 1. The zero-order chi connectivity index (χ0) is 26.0. The van der Waals surface area contributed by atoms with E-state index in [1.54, 1.807) is 12.4 Å². The Labute approximate surface area is 221 Å². The molecule has 1 fully saturated rings. The van der Waals surface area contributed by atoms with E-state index in [1.807, 2.05) is 55.5 Å². The van der Waals surface area contributed by atoms with E-state index in [0.717, 1.165) is 60.5 Å². The second-order valence-corrected chi connectivity index (χ2v) is 9.89. The van der Waals surface area contributed by atoms with Gasteiger partial charge in [0.1, 0.15) is 11.3 Å². The minimum atomic E-state index is -0.546. The van der Waals surface area contributed by atoms with Crippen LogP contribution in [0.2, 0.25) is 0 Å². The fourth-order valence-electron chi connectivity index (χ4n) is 5.19. The average molecular weight is 511 g/mol. The van der Waals surface area contributed by atoms with Gasteiger partial charge in [-0.15, -0.1) is 10.2 Å². The highest BCUT2D eigenvalue weighted by molar-refractivity contribution is 5.95. The Bertz CT molecular complexity index is 1430. The van der Waals surface area contributed by atoms with Crippen LogP contribution in [0.25, 0.3) is 11.5 Å². The molecule has 0 radical (unpaired) electrons. The van der Waals surface area contributed by atoms with Gasteiger partial charge in [0, 0.05) is 41.2 Å². The number of hydrogen-bond donors (Lipinski definition) is 3. The number of hydrogen-bond acceptors (Lipinski definition) is 8. The van der Waals surface area contributed by atoms with Gasteiger partial charge >= 0.3 is 0 Å². The third-order valence-corrected chi connectivity index (χ3v) is 7.24. The number of carbonyl (C=O) groups is 1. The van der Waals surface area contributed by atoms with Crippen molar-refractivity contribution < 1.29 is 13.9 Å². The van der Waals surface area contributed by atoms with Crippen LogP contribution in [-0.2, 0) is 5.54 Å². The molecule has 0 saturated carbocycles. The number of anilines is 1. The predicted molar refractivity (Wildman–Crippen MR) is 143 cm³/mol. The van der Waals surface area contributed by atoms with Crippen molar-refractivity contribution in [1.29, 1.82) is 0 Å². The molecule has 0 unspecified atom stereocenters. The molecule has 2 aromatic heterocycles. The summed E-state index contributed by atoms with van der Waals surface area (Å²) in [4.78, 5) is 17.4. The molecule has 2 aromatic carbocycles. The van der Waals surface area contributed by atoms with E-state index < -0.39 is 5.54 Å². The van der Waals surface area contributed by atoms with Crippen molar-refractivity contribution in [3.05, 3.63) is 89.6 Å². The van der Waals surface area contributed by atoms with Crippen molar-refractivity contribution >= 4 is 11.6 Å². The van der Waals surface area contributed by atoms with Crippen molar-refractivity contribution in [1.82, 2.24) is 25.8 Å². The summed E-state index contributed by atoms with van der Waals surface area (Å²) in [7, 11) is 0. The van der Waals surface area contributed by atoms with Crippen molar-refractivity contribution in [2.75, 3.05) is 25.0 Å². The molecule has 2 aliphatic rings. The molecular weight excluding hydrogens is 480 g/mol. The van der Waals surface area contributed by atoms with Crippen molar-refractivity contribution in [2.45, 2.75) is 37.8 Å². The van der Waals surface area contributed by atoms with Gasteiger partial charge in [-0.25, -0.2) is 0 Å². The van der Waals surface area contributed by atoms with Crippen LogP contribution in [0, 0.1) is 6.92 Å². The zero-order valence-electron chi connectivity index (χ0n) is 21.2. The normalized spacial score (nSPS) is 18.2. The number of nitrogens with zero attached hydrogens (tertiary/aromatic N) is 3. The summed E-state index contributed by atoms with van der Waals surface area (Å²) in [5, 5.41) is 19.0. The predicted octanol–water partition coefficient (Wildman–Crippen LogP) is 4.38. The molecule has 38 heavy (non-hydrogen) atoms. The number of nitrogens with one attached hydrogen (secondary N) is 3. The molecule has 0 spiro atoms. The Morgan fingerprint density at radius 3 is 2.74 bits per heavy atom.